The summed E-state index contributed by atoms with van der Waals surface area (Å²) in [5.41, 5.74) is 0.955. The molecule has 25 heavy (non-hydrogen) atoms. The molecule has 1 aromatic carbocycles. The second-order valence-corrected chi connectivity index (χ2v) is 5.88. The van der Waals surface area contributed by atoms with Gasteiger partial charge in [0.15, 0.2) is 0 Å². The van der Waals surface area contributed by atoms with E-state index in [1.54, 1.807) is 7.11 Å². The predicted octanol–water partition coefficient (Wildman–Crippen LogP) is 2.25. The van der Waals surface area contributed by atoms with E-state index in [0.717, 1.165) is 10.5 Å². The fraction of sp³-hybridized carbons (Fsp3) is 0.529. The van der Waals surface area contributed by atoms with Gasteiger partial charge < -0.3 is 14.5 Å². The van der Waals surface area contributed by atoms with E-state index in [1.807, 2.05) is 24.3 Å². The van der Waals surface area contributed by atoms with Crippen molar-refractivity contribution in [1.82, 2.24) is 9.80 Å². The number of aryl methyl sites for hydroxylation is 1. The molecule has 0 aliphatic carbocycles. The van der Waals surface area contributed by atoms with Crippen molar-refractivity contribution in [2.45, 2.75) is 25.4 Å². The molecular weight excluding hydrogens is 337 g/mol. The minimum atomic E-state index is -4.87. The van der Waals surface area contributed by atoms with E-state index >= 15 is 0 Å². The monoisotopic (exact) mass is 358 g/mol. The summed E-state index contributed by atoms with van der Waals surface area (Å²) in [7, 11) is 1.56. The molecule has 0 N–H and O–H groups in total. The maximum atomic E-state index is 12.5. The molecule has 1 heterocycles. The molecular formula is C17H21F3N2O3. The van der Waals surface area contributed by atoms with Gasteiger partial charge in [-0.25, -0.2) is 0 Å². The number of amides is 2. The molecule has 138 valence electrons. The average Bonchev–Trinajstić information content (AvgIpc) is 2.84. The summed E-state index contributed by atoms with van der Waals surface area (Å²) in [6.07, 6.45) is -3.74. The van der Waals surface area contributed by atoms with Gasteiger partial charge in [-0.3, -0.25) is 9.59 Å². The molecule has 1 aliphatic heterocycles. The van der Waals surface area contributed by atoms with Gasteiger partial charge in [0.1, 0.15) is 5.75 Å². The molecule has 0 aromatic heterocycles. The summed E-state index contributed by atoms with van der Waals surface area (Å²) in [4.78, 5) is 25.9. The highest BCUT2D eigenvalue weighted by Crippen LogP contribution is 2.20. The topological polar surface area (TPSA) is 49.9 Å². The minimum Gasteiger partial charge on any atom is -0.497 e. The predicted molar refractivity (Wildman–Crippen MR) is 85.1 cm³/mol. The van der Waals surface area contributed by atoms with E-state index in [9.17, 15) is 22.8 Å². The van der Waals surface area contributed by atoms with Gasteiger partial charge in [-0.05, 0) is 30.5 Å². The summed E-state index contributed by atoms with van der Waals surface area (Å²) in [5.74, 6) is -1.25. The number of ether oxygens (including phenoxy) is 1. The molecule has 8 heteroatoms. The fourth-order valence-electron chi connectivity index (χ4n) is 2.79. The molecule has 0 bridgehead atoms. The quantitative estimate of drug-likeness (QED) is 0.830. The first kappa shape index (κ1) is 19.1. The van der Waals surface area contributed by atoms with Crippen LogP contribution >= 0.6 is 0 Å². The maximum Gasteiger partial charge on any atom is 0.471 e. The van der Waals surface area contributed by atoms with Crippen LogP contribution in [-0.2, 0) is 16.0 Å². The lowest BCUT2D eigenvalue weighted by molar-refractivity contribution is -0.185. The van der Waals surface area contributed by atoms with Crippen molar-refractivity contribution in [3.8, 4) is 5.75 Å². The van der Waals surface area contributed by atoms with E-state index in [1.165, 1.54) is 4.90 Å². The standard InChI is InChI=1S/C17H21F3N2O3/c1-25-14-5-2-4-13(12-14)6-7-15(23)21-8-3-9-22(11-10-21)16(24)17(18,19)20/h2,4-5,12H,3,6-11H2,1H3. The lowest BCUT2D eigenvalue weighted by atomic mass is 10.1. The molecule has 1 aromatic rings. The van der Waals surface area contributed by atoms with Crippen molar-refractivity contribution in [2.24, 2.45) is 0 Å². The number of benzene rings is 1. The molecule has 2 rings (SSSR count). The summed E-state index contributed by atoms with van der Waals surface area (Å²) < 4.78 is 42.7. The third kappa shape index (κ3) is 5.37. The van der Waals surface area contributed by atoms with Gasteiger partial charge in [0.2, 0.25) is 5.91 Å². The van der Waals surface area contributed by atoms with Crippen LogP contribution in [0.25, 0.3) is 0 Å². The minimum absolute atomic E-state index is 0.0119. The number of halogens is 3. The zero-order valence-corrected chi connectivity index (χ0v) is 14.0. The van der Waals surface area contributed by atoms with Gasteiger partial charge in [-0.2, -0.15) is 13.2 Å². The Morgan fingerprint density at radius 3 is 2.48 bits per heavy atom. The Kier molecular flexibility index (Phi) is 6.27. The van der Waals surface area contributed by atoms with Crippen LogP contribution in [0.3, 0.4) is 0 Å². The summed E-state index contributed by atoms with van der Waals surface area (Å²) in [5, 5.41) is 0. The molecule has 0 saturated carbocycles. The Morgan fingerprint density at radius 2 is 1.80 bits per heavy atom. The lowest BCUT2D eigenvalue weighted by Crippen LogP contribution is -2.43. The Morgan fingerprint density at radius 1 is 1.12 bits per heavy atom. The smallest absolute Gasteiger partial charge is 0.471 e. The second kappa shape index (κ2) is 8.22. The van der Waals surface area contributed by atoms with Crippen LogP contribution in [0, 0.1) is 0 Å². The third-order valence-electron chi connectivity index (χ3n) is 4.14. The number of nitrogens with zero attached hydrogens (tertiary/aromatic N) is 2. The van der Waals surface area contributed by atoms with Crippen molar-refractivity contribution in [3.05, 3.63) is 29.8 Å². The van der Waals surface area contributed by atoms with Gasteiger partial charge in [0.25, 0.3) is 0 Å². The van der Waals surface area contributed by atoms with Crippen LogP contribution in [-0.4, -0.2) is 61.1 Å². The molecule has 1 aliphatic rings. The van der Waals surface area contributed by atoms with Crippen molar-refractivity contribution in [3.63, 3.8) is 0 Å². The number of hydrogen-bond acceptors (Lipinski definition) is 3. The SMILES string of the molecule is COc1cccc(CCC(=O)N2CCCN(C(=O)C(F)(F)F)CC2)c1. The Balaban J connectivity index is 1.87. The highest BCUT2D eigenvalue weighted by molar-refractivity contribution is 5.82. The van der Waals surface area contributed by atoms with Crippen LogP contribution < -0.4 is 4.74 Å². The van der Waals surface area contributed by atoms with E-state index in [-0.39, 0.29) is 32.0 Å². The highest BCUT2D eigenvalue weighted by atomic mass is 19.4. The van der Waals surface area contributed by atoms with E-state index in [4.69, 9.17) is 4.74 Å². The van der Waals surface area contributed by atoms with Crippen LogP contribution in [0.15, 0.2) is 24.3 Å². The van der Waals surface area contributed by atoms with Crippen molar-refractivity contribution in [1.29, 1.82) is 0 Å². The van der Waals surface area contributed by atoms with Gasteiger partial charge in [-0.1, -0.05) is 12.1 Å². The van der Waals surface area contributed by atoms with Gasteiger partial charge in [-0.15, -0.1) is 0 Å². The number of hydrogen-bond donors (Lipinski definition) is 0. The first-order chi connectivity index (χ1) is 11.8. The zero-order valence-electron chi connectivity index (χ0n) is 14.0. The fourth-order valence-corrected chi connectivity index (χ4v) is 2.79. The highest BCUT2D eigenvalue weighted by Gasteiger charge is 2.42. The molecule has 0 spiro atoms. The van der Waals surface area contributed by atoms with Gasteiger partial charge >= 0.3 is 12.1 Å². The number of carbonyl (C=O) groups excluding carboxylic acids is 2. The molecule has 0 radical (unpaired) electrons. The number of alkyl halides is 3. The maximum absolute atomic E-state index is 12.5. The number of carbonyl (C=O) groups is 2. The van der Waals surface area contributed by atoms with E-state index in [0.29, 0.717) is 25.1 Å². The Labute approximate surface area is 144 Å². The first-order valence-electron chi connectivity index (χ1n) is 8.08. The van der Waals surface area contributed by atoms with Crippen LogP contribution in [0.5, 0.6) is 5.75 Å². The van der Waals surface area contributed by atoms with E-state index < -0.39 is 12.1 Å². The molecule has 2 amide bonds. The zero-order chi connectivity index (χ0) is 18.4. The van der Waals surface area contributed by atoms with Crippen LogP contribution in [0.2, 0.25) is 0 Å². The molecule has 5 nitrogen and oxygen atoms in total. The van der Waals surface area contributed by atoms with Crippen molar-refractivity contribution in [2.75, 3.05) is 33.3 Å². The molecule has 1 saturated heterocycles. The Hall–Kier alpha value is -2.25. The number of methoxy groups -OCH3 is 1. The van der Waals surface area contributed by atoms with Gasteiger partial charge in [0.05, 0.1) is 7.11 Å². The van der Waals surface area contributed by atoms with E-state index in [2.05, 4.69) is 0 Å². The summed E-state index contributed by atoms with van der Waals surface area (Å²) in [6.45, 7) is 0.401. The Bertz CT molecular complexity index is 619. The summed E-state index contributed by atoms with van der Waals surface area (Å²) >= 11 is 0. The molecule has 0 unspecified atom stereocenters. The average molecular weight is 358 g/mol. The van der Waals surface area contributed by atoms with Crippen molar-refractivity contribution < 1.29 is 27.5 Å². The normalized spacial score (nSPS) is 15.7. The van der Waals surface area contributed by atoms with Crippen molar-refractivity contribution >= 4 is 11.8 Å². The second-order valence-electron chi connectivity index (χ2n) is 5.88. The van der Waals surface area contributed by atoms with Crippen LogP contribution in [0.1, 0.15) is 18.4 Å². The summed E-state index contributed by atoms with van der Waals surface area (Å²) in [6, 6.07) is 7.39. The first-order valence-corrected chi connectivity index (χ1v) is 8.08. The number of rotatable bonds is 4. The molecule has 0 atom stereocenters. The third-order valence-corrected chi connectivity index (χ3v) is 4.14. The van der Waals surface area contributed by atoms with Crippen LogP contribution in [0.4, 0.5) is 13.2 Å². The lowest BCUT2D eigenvalue weighted by Gasteiger charge is -2.23. The molecule has 1 fully saturated rings. The largest absolute Gasteiger partial charge is 0.497 e. The van der Waals surface area contributed by atoms with Gasteiger partial charge in [0, 0.05) is 32.6 Å².